The van der Waals surface area contributed by atoms with Crippen LogP contribution in [-0.4, -0.2) is 6.54 Å². The van der Waals surface area contributed by atoms with Crippen LogP contribution < -0.4 is 5.32 Å². The third kappa shape index (κ3) is 3.72. The van der Waals surface area contributed by atoms with Crippen LogP contribution in [0, 0.1) is 17.9 Å². The molecule has 0 saturated heterocycles. The van der Waals surface area contributed by atoms with Gasteiger partial charge in [-0.15, -0.1) is 0 Å². The van der Waals surface area contributed by atoms with E-state index in [0.717, 1.165) is 12.1 Å². The molecule has 0 aliphatic heterocycles. The Morgan fingerprint density at radius 3 is 2.50 bits per heavy atom. The molecule has 1 aliphatic rings. The molecule has 0 bridgehead atoms. The molecule has 0 spiro atoms. The van der Waals surface area contributed by atoms with Crippen molar-refractivity contribution in [3.8, 4) is 11.8 Å². The Morgan fingerprint density at radius 1 is 1.00 bits per heavy atom. The van der Waals surface area contributed by atoms with Crippen LogP contribution in [0.4, 0.5) is 0 Å². The van der Waals surface area contributed by atoms with Crippen molar-refractivity contribution >= 4 is 0 Å². The zero-order valence-electron chi connectivity index (χ0n) is 9.63. The molecule has 1 aromatic rings. The molecule has 1 nitrogen and oxygen atoms in total. The molecule has 1 fully saturated rings. The lowest BCUT2D eigenvalue weighted by molar-refractivity contribution is 0.485. The summed E-state index contributed by atoms with van der Waals surface area (Å²) in [5.74, 6) is 6.33. The van der Waals surface area contributed by atoms with Crippen LogP contribution >= 0.6 is 0 Å². The van der Waals surface area contributed by atoms with Gasteiger partial charge in [0, 0.05) is 11.6 Å². The van der Waals surface area contributed by atoms with Crippen molar-refractivity contribution in [3.05, 3.63) is 41.9 Å². The molecule has 1 aromatic carbocycles. The Balaban J connectivity index is 1.73. The minimum Gasteiger partial charge on any atom is -0.299 e. The van der Waals surface area contributed by atoms with E-state index in [-0.39, 0.29) is 0 Å². The van der Waals surface area contributed by atoms with Gasteiger partial charge in [0.2, 0.25) is 0 Å². The monoisotopic (exact) mass is 212 g/mol. The van der Waals surface area contributed by atoms with Crippen LogP contribution in [0.3, 0.4) is 0 Å². The van der Waals surface area contributed by atoms with Gasteiger partial charge < -0.3 is 0 Å². The zero-order valence-corrected chi connectivity index (χ0v) is 9.63. The molecule has 0 aromatic heterocycles. The van der Waals surface area contributed by atoms with Crippen LogP contribution in [0.15, 0.2) is 30.3 Å². The van der Waals surface area contributed by atoms with Crippen molar-refractivity contribution in [3.63, 3.8) is 0 Å². The number of nitrogens with one attached hydrogen (secondary N) is 1. The maximum atomic E-state index is 3.43. The minimum atomic E-state index is 0.782. The first-order valence-corrected chi connectivity index (χ1v) is 6.07. The summed E-state index contributed by atoms with van der Waals surface area (Å²) in [5.41, 5.74) is 1.10. The van der Waals surface area contributed by atoms with Crippen molar-refractivity contribution in [2.75, 3.05) is 6.54 Å². The van der Waals surface area contributed by atoms with E-state index in [1.165, 1.54) is 38.1 Å². The van der Waals surface area contributed by atoms with Crippen molar-refractivity contribution in [2.45, 2.75) is 32.1 Å². The van der Waals surface area contributed by atoms with E-state index in [0.29, 0.717) is 0 Å². The maximum absolute atomic E-state index is 3.43. The highest BCUT2D eigenvalue weighted by atomic mass is 14.9. The van der Waals surface area contributed by atoms with Crippen molar-refractivity contribution in [2.24, 2.45) is 0 Å². The summed E-state index contributed by atoms with van der Waals surface area (Å²) in [7, 11) is 0. The Labute approximate surface area is 98.3 Å². The molecule has 1 radical (unpaired) electrons. The first-order valence-electron chi connectivity index (χ1n) is 6.07. The molecule has 0 unspecified atom stereocenters. The fourth-order valence-electron chi connectivity index (χ4n) is 1.99. The van der Waals surface area contributed by atoms with Gasteiger partial charge in [0.15, 0.2) is 0 Å². The van der Waals surface area contributed by atoms with Crippen molar-refractivity contribution in [1.29, 1.82) is 0 Å². The van der Waals surface area contributed by atoms with Gasteiger partial charge in [-0.1, -0.05) is 49.3 Å². The summed E-state index contributed by atoms with van der Waals surface area (Å²) in [6.07, 6.45) is 6.56. The Bertz CT molecular complexity index is 352. The lowest BCUT2D eigenvalue weighted by Crippen LogP contribution is -2.23. The van der Waals surface area contributed by atoms with Gasteiger partial charge >= 0.3 is 0 Å². The summed E-state index contributed by atoms with van der Waals surface area (Å²) in [4.78, 5) is 0. The topological polar surface area (TPSA) is 12.0 Å². The summed E-state index contributed by atoms with van der Waals surface area (Å²) < 4.78 is 0. The predicted molar refractivity (Wildman–Crippen MR) is 67.7 cm³/mol. The largest absolute Gasteiger partial charge is 0.299 e. The summed E-state index contributed by atoms with van der Waals surface area (Å²) in [6, 6.07) is 11.6. The molecule has 0 amide bonds. The van der Waals surface area contributed by atoms with Crippen molar-refractivity contribution in [1.82, 2.24) is 5.32 Å². The van der Waals surface area contributed by atoms with Gasteiger partial charge in [-0.3, -0.25) is 5.32 Å². The fourth-order valence-corrected chi connectivity index (χ4v) is 1.99. The third-order valence-electron chi connectivity index (χ3n) is 2.89. The van der Waals surface area contributed by atoms with Gasteiger partial charge in [-0.2, -0.15) is 0 Å². The SMILES string of the molecule is C(#Cc1ccccc1)CN[C]1CCCCC1. The zero-order chi connectivity index (χ0) is 11.1. The Kier molecular flexibility index (Phi) is 4.46. The molecule has 1 aliphatic carbocycles. The predicted octanol–water partition coefficient (Wildman–Crippen LogP) is 3.12. The van der Waals surface area contributed by atoms with Gasteiger partial charge in [0.1, 0.15) is 0 Å². The first kappa shape index (κ1) is 11.2. The second kappa shape index (κ2) is 6.35. The quantitative estimate of drug-likeness (QED) is 0.743. The highest BCUT2D eigenvalue weighted by Crippen LogP contribution is 2.22. The highest BCUT2D eigenvalue weighted by molar-refractivity contribution is 5.33. The van der Waals surface area contributed by atoms with E-state index in [9.17, 15) is 0 Å². The molecule has 0 atom stereocenters. The van der Waals surface area contributed by atoms with Gasteiger partial charge in [-0.25, -0.2) is 0 Å². The molecule has 1 heteroatoms. The molecule has 83 valence electrons. The molecule has 16 heavy (non-hydrogen) atoms. The number of hydrogen-bond acceptors (Lipinski definition) is 1. The van der Waals surface area contributed by atoms with E-state index >= 15 is 0 Å². The van der Waals surface area contributed by atoms with Crippen LogP contribution in [0.1, 0.15) is 37.7 Å². The minimum absolute atomic E-state index is 0.782. The number of rotatable bonds is 2. The Hall–Kier alpha value is -1.26. The van der Waals surface area contributed by atoms with Crippen molar-refractivity contribution < 1.29 is 0 Å². The van der Waals surface area contributed by atoms with E-state index in [4.69, 9.17) is 0 Å². The second-order valence-corrected chi connectivity index (χ2v) is 4.19. The molecule has 0 heterocycles. The van der Waals surface area contributed by atoms with E-state index in [2.05, 4.69) is 17.2 Å². The van der Waals surface area contributed by atoms with E-state index < -0.39 is 0 Å². The number of benzene rings is 1. The normalized spacial score (nSPS) is 16.5. The first-order chi connectivity index (χ1) is 7.95. The molecular weight excluding hydrogens is 194 g/mol. The van der Waals surface area contributed by atoms with E-state index in [1.54, 1.807) is 0 Å². The molecular formula is C15H18N. The summed E-state index contributed by atoms with van der Waals surface area (Å²) in [6.45, 7) is 0.782. The number of hydrogen-bond donors (Lipinski definition) is 1. The highest BCUT2D eigenvalue weighted by Gasteiger charge is 2.11. The van der Waals surface area contributed by atoms with Gasteiger partial charge in [-0.05, 0) is 25.0 Å². The lowest BCUT2D eigenvalue weighted by Gasteiger charge is -2.20. The smallest absolute Gasteiger partial charge is 0.0585 e. The van der Waals surface area contributed by atoms with Gasteiger partial charge in [0.05, 0.1) is 6.54 Å². The average molecular weight is 212 g/mol. The Morgan fingerprint density at radius 2 is 1.75 bits per heavy atom. The second-order valence-electron chi connectivity index (χ2n) is 4.19. The van der Waals surface area contributed by atoms with Crippen LogP contribution in [0.2, 0.25) is 0 Å². The fraction of sp³-hybridized carbons (Fsp3) is 0.400. The molecule has 1 N–H and O–H groups in total. The van der Waals surface area contributed by atoms with Crippen LogP contribution in [0.25, 0.3) is 0 Å². The standard InChI is InChI=1S/C15H18N/c1-3-8-14(9-4-1)10-7-13-16-15-11-5-2-6-12-15/h1,3-4,8-9,16H,2,5-6,11-13H2. The van der Waals surface area contributed by atoms with Crippen LogP contribution in [-0.2, 0) is 0 Å². The van der Waals surface area contributed by atoms with Crippen LogP contribution in [0.5, 0.6) is 0 Å². The molecule has 1 saturated carbocycles. The third-order valence-corrected chi connectivity index (χ3v) is 2.89. The van der Waals surface area contributed by atoms with E-state index in [1.807, 2.05) is 30.3 Å². The summed E-state index contributed by atoms with van der Waals surface area (Å²) in [5, 5.41) is 3.43. The molecule has 2 rings (SSSR count). The lowest BCUT2D eigenvalue weighted by atomic mass is 9.96. The average Bonchev–Trinajstić information content (AvgIpc) is 2.37. The summed E-state index contributed by atoms with van der Waals surface area (Å²) >= 11 is 0. The van der Waals surface area contributed by atoms with Gasteiger partial charge in [0.25, 0.3) is 0 Å². The maximum Gasteiger partial charge on any atom is 0.0585 e.